The van der Waals surface area contributed by atoms with Crippen molar-refractivity contribution >= 4 is 5.97 Å². The molecular formula is C10H20N2O3. The summed E-state index contributed by atoms with van der Waals surface area (Å²) in [4.78, 5) is 12.7. The van der Waals surface area contributed by atoms with Crippen molar-refractivity contribution in [1.29, 1.82) is 0 Å². The van der Waals surface area contributed by atoms with Gasteiger partial charge in [0.05, 0.1) is 6.61 Å². The van der Waals surface area contributed by atoms with E-state index in [2.05, 4.69) is 6.58 Å². The van der Waals surface area contributed by atoms with Crippen LogP contribution in [0.25, 0.3) is 0 Å². The van der Waals surface area contributed by atoms with E-state index in [0.29, 0.717) is 32.5 Å². The Balaban J connectivity index is 4.36. The highest BCUT2D eigenvalue weighted by Gasteiger charge is 2.23. The van der Waals surface area contributed by atoms with Crippen LogP contribution in [-0.4, -0.2) is 53.4 Å². The average molecular weight is 216 g/mol. The molecule has 0 spiro atoms. The number of rotatable bonds is 9. The Bertz CT molecular complexity index is 197. The van der Waals surface area contributed by atoms with Crippen LogP contribution in [0.15, 0.2) is 12.7 Å². The number of hydrogen-bond acceptors (Lipinski definition) is 4. The number of carboxylic acid groups (broad SMARTS) is 1. The maximum atomic E-state index is 11.0. The quantitative estimate of drug-likeness (QED) is 0.459. The second kappa shape index (κ2) is 8.40. The monoisotopic (exact) mass is 216 g/mol. The summed E-state index contributed by atoms with van der Waals surface area (Å²) in [6.45, 7) is 4.79. The summed E-state index contributed by atoms with van der Waals surface area (Å²) in [5, 5.41) is 17.9. The topological polar surface area (TPSA) is 86.8 Å². The van der Waals surface area contributed by atoms with Crippen molar-refractivity contribution in [3.05, 3.63) is 12.7 Å². The van der Waals surface area contributed by atoms with Crippen molar-refractivity contribution < 1.29 is 15.0 Å². The summed E-state index contributed by atoms with van der Waals surface area (Å²) in [5.41, 5.74) is 5.34. The van der Waals surface area contributed by atoms with Gasteiger partial charge in [-0.2, -0.15) is 0 Å². The van der Waals surface area contributed by atoms with Crippen LogP contribution in [0.5, 0.6) is 0 Å². The highest BCUT2D eigenvalue weighted by molar-refractivity contribution is 5.73. The van der Waals surface area contributed by atoms with Gasteiger partial charge in [-0.1, -0.05) is 6.08 Å². The van der Waals surface area contributed by atoms with E-state index in [4.69, 9.17) is 15.9 Å². The lowest BCUT2D eigenvalue weighted by molar-refractivity contribution is -0.143. The Morgan fingerprint density at radius 1 is 1.60 bits per heavy atom. The minimum absolute atomic E-state index is 0.0553. The number of carboxylic acids is 1. The standard InChI is InChI=1S/C10H20N2O3/c1-2-6-12(7-8-13)9(10(14)15)4-3-5-11/h2,9,13H,1,3-8,11H2,(H,14,15). The molecule has 5 nitrogen and oxygen atoms in total. The maximum absolute atomic E-state index is 11.0. The van der Waals surface area contributed by atoms with Gasteiger partial charge in [0.25, 0.3) is 0 Å². The maximum Gasteiger partial charge on any atom is 0.320 e. The largest absolute Gasteiger partial charge is 0.480 e. The molecule has 0 fully saturated rings. The predicted molar refractivity (Wildman–Crippen MR) is 58.6 cm³/mol. The van der Waals surface area contributed by atoms with Crippen molar-refractivity contribution in [2.45, 2.75) is 18.9 Å². The summed E-state index contributed by atoms with van der Waals surface area (Å²) in [7, 11) is 0. The summed E-state index contributed by atoms with van der Waals surface area (Å²) in [5.74, 6) is -0.876. The van der Waals surface area contributed by atoms with E-state index < -0.39 is 12.0 Å². The molecule has 15 heavy (non-hydrogen) atoms. The van der Waals surface area contributed by atoms with E-state index in [0.717, 1.165) is 0 Å². The molecule has 0 aromatic heterocycles. The van der Waals surface area contributed by atoms with Crippen molar-refractivity contribution in [3.8, 4) is 0 Å². The molecule has 1 atom stereocenters. The fourth-order valence-electron chi connectivity index (χ4n) is 1.44. The van der Waals surface area contributed by atoms with E-state index >= 15 is 0 Å². The van der Waals surface area contributed by atoms with Gasteiger partial charge in [-0.3, -0.25) is 9.69 Å². The summed E-state index contributed by atoms with van der Waals surface area (Å²) in [6.07, 6.45) is 2.80. The highest BCUT2D eigenvalue weighted by Crippen LogP contribution is 2.07. The summed E-state index contributed by atoms with van der Waals surface area (Å²) >= 11 is 0. The third-order valence-electron chi connectivity index (χ3n) is 2.16. The van der Waals surface area contributed by atoms with Crippen LogP contribution in [0, 0.1) is 0 Å². The first-order valence-corrected chi connectivity index (χ1v) is 5.06. The smallest absolute Gasteiger partial charge is 0.320 e. The first-order chi connectivity index (χ1) is 7.17. The zero-order valence-corrected chi connectivity index (χ0v) is 8.93. The Hall–Kier alpha value is -0.910. The molecule has 5 heteroatoms. The zero-order valence-electron chi connectivity index (χ0n) is 8.93. The van der Waals surface area contributed by atoms with Gasteiger partial charge >= 0.3 is 5.97 Å². The van der Waals surface area contributed by atoms with E-state index in [1.807, 2.05) is 0 Å². The molecule has 0 amide bonds. The van der Waals surface area contributed by atoms with Gasteiger partial charge in [-0.25, -0.2) is 0 Å². The minimum atomic E-state index is -0.876. The molecule has 0 aromatic rings. The summed E-state index contributed by atoms with van der Waals surface area (Å²) < 4.78 is 0. The van der Waals surface area contributed by atoms with Crippen LogP contribution in [0.4, 0.5) is 0 Å². The lowest BCUT2D eigenvalue weighted by Crippen LogP contribution is -2.43. The molecule has 4 N–H and O–H groups in total. The first-order valence-electron chi connectivity index (χ1n) is 5.06. The molecule has 0 saturated heterocycles. The van der Waals surface area contributed by atoms with Gasteiger partial charge in [-0.15, -0.1) is 6.58 Å². The van der Waals surface area contributed by atoms with Crippen molar-refractivity contribution in [3.63, 3.8) is 0 Å². The molecule has 0 aliphatic heterocycles. The van der Waals surface area contributed by atoms with Crippen molar-refractivity contribution in [1.82, 2.24) is 4.90 Å². The molecular weight excluding hydrogens is 196 g/mol. The lowest BCUT2D eigenvalue weighted by Gasteiger charge is -2.26. The van der Waals surface area contributed by atoms with Gasteiger partial charge in [-0.05, 0) is 19.4 Å². The molecule has 0 saturated carbocycles. The van der Waals surface area contributed by atoms with Gasteiger partial charge in [0.15, 0.2) is 0 Å². The molecule has 0 radical (unpaired) electrons. The van der Waals surface area contributed by atoms with Gasteiger partial charge < -0.3 is 15.9 Å². The molecule has 0 aromatic carbocycles. The third-order valence-corrected chi connectivity index (χ3v) is 2.16. The normalized spacial score (nSPS) is 12.7. The molecule has 0 heterocycles. The van der Waals surface area contributed by atoms with Crippen LogP contribution in [-0.2, 0) is 4.79 Å². The predicted octanol–water partition coefficient (Wildman–Crippen LogP) is -0.341. The number of hydrogen-bond donors (Lipinski definition) is 3. The molecule has 0 bridgehead atoms. The Morgan fingerprint density at radius 3 is 2.67 bits per heavy atom. The average Bonchev–Trinajstić information content (AvgIpc) is 2.18. The van der Waals surface area contributed by atoms with Gasteiger partial charge in [0, 0.05) is 13.1 Å². The van der Waals surface area contributed by atoms with Crippen LogP contribution >= 0.6 is 0 Å². The van der Waals surface area contributed by atoms with E-state index in [-0.39, 0.29) is 6.61 Å². The third kappa shape index (κ3) is 5.51. The van der Waals surface area contributed by atoms with Crippen LogP contribution in [0.3, 0.4) is 0 Å². The van der Waals surface area contributed by atoms with E-state index in [9.17, 15) is 4.79 Å². The number of aliphatic carboxylic acids is 1. The number of aliphatic hydroxyl groups is 1. The van der Waals surface area contributed by atoms with Gasteiger partial charge in [0.1, 0.15) is 6.04 Å². The molecule has 88 valence electrons. The lowest BCUT2D eigenvalue weighted by atomic mass is 10.1. The molecule has 1 unspecified atom stereocenters. The Labute approximate surface area is 90.2 Å². The van der Waals surface area contributed by atoms with Crippen molar-refractivity contribution in [2.24, 2.45) is 5.73 Å². The van der Waals surface area contributed by atoms with Gasteiger partial charge in [0.2, 0.25) is 0 Å². The van der Waals surface area contributed by atoms with Crippen LogP contribution in [0.1, 0.15) is 12.8 Å². The fraction of sp³-hybridized carbons (Fsp3) is 0.700. The number of nitrogens with two attached hydrogens (primary N) is 1. The van der Waals surface area contributed by atoms with Crippen LogP contribution in [0.2, 0.25) is 0 Å². The SMILES string of the molecule is C=CCN(CCO)C(CCCN)C(=O)O. The Kier molecular flexibility index (Phi) is 7.89. The highest BCUT2D eigenvalue weighted by atomic mass is 16.4. The summed E-state index contributed by atoms with van der Waals surface area (Å²) in [6, 6.07) is -0.585. The Morgan fingerprint density at radius 2 is 2.27 bits per heavy atom. The number of aliphatic hydroxyl groups excluding tert-OH is 1. The molecule has 0 rings (SSSR count). The molecule has 0 aliphatic rings. The second-order valence-corrected chi connectivity index (χ2v) is 3.29. The fourth-order valence-corrected chi connectivity index (χ4v) is 1.44. The minimum Gasteiger partial charge on any atom is -0.480 e. The number of carbonyl (C=O) groups is 1. The van der Waals surface area contributed by atoms with Crippen molar-refractivity contribution in [2.75, 3.05) is 26.2 Å². The molecule has 0 aliphatic carbocycles. The second-order valence-electron chi connectivity index (χ2n) is 3.29. The first kappa shape index (κ1) is 14.1. The van der Waals surface area contributed by atoms with E-state index in [1.54, 1.807) is 11.0 Å². The zero-order chi connectivity index (χ0) is 11.7. The van der Waals surface area contributed by atoms with E-state index in [1.165, 1.54) is 0 Å². The van der Waals surface area contributed by atoms with Crippen LogP contribution < -0.4 is 5.73 Å². The number of nitrogens with zero attached hydrogens (tertiary/aromatic N) is 1.